The number of methoxy groups -OCH3 is 3. The van der Waals surface area contributed by atoms with Crippen LogP contribution >= 0.6 is 0 Å². The lowest BCUT2D eigenvalue weighted by molar-refractivity contribution is -0.265. The normalized spacial score (nSPS) is 40.4. The molecule has 14 heteroatoms. The predicted molar refractivity (Wildman–Crippen MR) is 245 cm³/mol. The van der Waals surface area contributed by atoms with Gasteiger partial charge in [-0.2, -0.15) is 0 Å². The monoisotopic (exact) mass is 914 g/mol. The number of rotatable bonds is 6. The maximum Gasteiger partial charge on any atom is 0.329 e. The molecule has 0 aromatic heterocycles. The van der Waals surface area contributed by atoms with Gasteiger partial charge in [-0.05, 0) is 107 Å². The molecule has 3 heterocycles. The highest BCUT2D eigenvalue weighted by Crippen LogP contribution is 2.38. The van der Waals surface area contributed by atoms with E-state index in [0.717, 1.165) is 12.0 Å². The standard InChI is InChI=1S/C51H79NO13/c1-30-16-12-11-13-17-31(2)42(61-8)28-38-21-19-36(7)51(60,65-38)48(57)49(58)52-23-15-14-18-39(52)50(59)64-43(33(4)26-37-20-22-40(53)44(27-37)62-9)29-41(54)32(3)25-35(6)46(56)47(63-10)45(55)34(5)24-30/h11-13,16-17,25,30,32-34,36-40,42-44,46-47,53,56,60H,14-15,18-24,26-29H2,1-10H3/b13-11-,16-12+,31-17+,35-25-/t30-,32-,33-,34-,36-,37+,38+,39+,40-,42+,43+,44-,46-,47+,51-/m1/s1. The van der Waals surface area contributed by atoms with Crippen molar-refractivity contribution in [3.63, 3.8) is 0 Å². The molecule has 4 aliphatic rings. The van der Waals surface area contributed by atoms with E-state index in [9.17, 15) is 39.3 Å². The number of fused-ring (bicyclic) bond motifs is 3. The van der Waals surface area contributed by atoms with E-state index in [0.29, 0.717) is 63.4 Å². The molecule has 3 aliphatic heterocycles. The number of piperidine rings is 1. The summed E-state index contributed by atoms with van der Waals surface area (Å²) < 4.78 is 29.4. The summed E-state index contributed by atoms with van der Waals surface area (Å²) in [7, 11) is 4.52. The number of amides is 1. The van der Waals surface area contributed by atoms with Crippen LogP contribution in [0.25, 0.3) is 0 Å². The maximum absolute atomic E-state index is 14.4. The first-order chi connectivity index (χ1) is 30.7. The molecule has 3 N–H and O–H groups in total. The largest absolute Gasteiger partial charge is 0.460 e. The minimum Gasteiger partial charge on any atom is -0.460 e. The lowest BCUT2D eigenvalue weighted by Crippen LogP contribution is -2.61. The highest BCUT2D eigenvalue weighted by atomic mass is 16.6. The van der Waals surface area contributed by atoms with E-state index in [2.05, 4.69) is 0 Å². The Morgan fingerprint density at radius 2 is 1.57 bits per heavy atom. The molecule has 2 bridgehead atoms. The Morgan fingerprint density at radius 3 is 2.25 bits per heavy atom. The van der Waals surface area contributed by atoms with Gasteiger partial charge in [0.1, 0.15) is 30.1 Å². The van der Waals surface area contributed by atoms with Crippen LogP contribution in [0, 0.1) is 35.5 Å². The fourth-order valence-electron chi connectivity index (χ4n) is 10.1. The van der Waals surface area contributed by atoms with Crippen LogP contribution in [-0.4, -0.2) is 132 Å². The van der Waals surface area contributed by atoms with Crippen molar-refractivity contribution in [3.05, 3.63) is 47.6 Å². The van der Waals surface area contributed by atoms with E-state index in [1.165, 1.54) is 12.0 Å². The fourth-order valence-corrected chi connectivity index (χ4v) is 10.1. The van der Waals surface area contributed by atoms with Gasteiger partial charge in [0.25, 0.3) is 11.7 Å². The van der Waals surface area contributed by atoms with Crippen molar-refractivity contribution in [1.82, 2.24) is 4.90 Å². The lowest BCUT2D eigenvalue weighted by Gasteiger charge is -2.42. The van der Waals surface area contributed by atoms with E-state index in [1.54, 1.807) is 41.1 Å². The molecule has 65 heavy (non-hydrogen) atoms. The molecule has 4 rings (SSSR count). The first-order valence-electron chi connectivity index (χ1n) is 23.9. The van der Waals surface area contributed by atoms with E-state index in [4.69, 9.17) is 23.7 Å². The van der Waals surface area contributed by atoms with E-state index in [-0.39, 0.29) is 54.8 Å². The zero-order chi connectivity index (χ0) is 48.2. The molecule has 14 nitrogen and oxygen atoms in total. The summed E-state index contributed by atoms with van der Waals surface area (Å²) in [4.78, 5) is 71.8. The first-order valence-corrected chi connectivity index (χ1v) is 23.9. The van der Waals surface area contributed by atoms with E-state index in [1.807, 2.05) is 58.1 Å². The number of cyclic esters (lactones) is 1. The minimum atomic E-state index is -2.43. The van der Waals surface area contributed by atoms with Gasteiger partial charge in [-0.15, -0.1) is 0 Å². The number of aliphatic hydroxyl groups is 3. The second-order valence-corrected chi connectivity index (χ2v) is 19.6. The van der Waals surface area contributed by atoms with Gasteiger partial charge in [-0.25, -0.2) is 4.79 Å². The van der Waals surface area contributed by atoms with Gasteiger partial charge in [0.15, 0.2) is 5.78 Å². The highest BCUT2D eigenvalue weighted by molar-refractivity contribution is 6.39. The van der Waals surface area contributed by atoms with E-state index >= 15 is 0 Å². The van der Waals surface area contributed by atoms with Crippen LogP contribution in [0.2, 0.25) is 0 Å². The number of allylic oxidation sites excluding steroid dienone is 6. The molecule has 366 valence electrons. The number of carbonyl (C=O) groups excluding carboxylic acids is 5. The van der Waals surface area contributed by atoms with E-state index < -0.39 is 83.9 Å². The Morgan fingerprint density at radius 1 is 0.846 bits per heavy atom. The van der Waals surface area contributed by atoms with Crippen LogP contribution < -0.4 is 0 Å². The van der Waals surface area contributed by atoms with Gasteiger partial charge >= 0.3 is 5.97 Å². The molecular weight excluding hydrogens is 835 g/mol. The predicted octanol–water partition coefficient (Wildman–Crippen LogP) is 6.18. The second kappa shape index (κ2) is 25.1. The third-order valence-corrected chi connectivity index (χ3v) is 14.5. The van der Waals surface area contributed by atoms with Gasteiger partial charge in [-0.1, -0.05) is 71.1 Å². The number of hydrogen-bond donors (Lipinski definition) is 3. The summed E-state index contributed by atoms with van der Waals surface area (Å²) in [5.41, 5.74) is 1.27. The topological polar surface area (TPSA) is 195 Å². The van der Waals surface area contributed by atoms with Gasteiger partial charge in [0.05, 0.1) is 24.4 Å². The third-order valence-electron chi connectivity index (χ3n) is 14.5. The highest BCUT2D eigenvalue weighted by Gasteiger charge is 2.53. The zero-order valence-electron chi connectivity index (χ0n) is 40.6. The summed E-state index contributed by atoms with van der Waals surface area (Å²) >= 11 is 0. The number of carbonyl (C=O) groups is 5. The van der Waals surface area contributed by atoms with Crippen LogP contribution in [0.1, 0.15) is 126 Å². The number of Topliss-reactive ketones (excluding diaryl/α,β-unsaturated/α-hetero) is 3. The van der Waals surface area contributed by atoms with Gasteiger partial charge in [0.2, 0.25) is 5.79 Å². The van der Waals surface area contributed by atoms with Gasteiger partial charge in [-0.3, -0.25) is 19.2 Å². The van der Waals surface area contributed by atoms with Crippen molar-refractivity contribution in [3.8, 4) is 0 Å². The Kier molecular flexibility index (Phi) is 21.0. The van der Waals surface area contributed by atoms with Crippen molar-refractivity contribution < 1.29 is 63.0 Å². The average molecular weight is 914 g/mol. The van der Waals surface area contributed by atoms with Crippen LogP contribution in [0.5, 0.6) is 0 Å². The summed E-state index contributed by atoms with van der Waals surface area (Å²) in [6.07, 6.45) is 11.2. The quantitative estimate of drug-likeness (QED) is 0.156. The maximum atomic E-state index is 14.4. The SMILES string of the molecule is CO[C@H]1C[C@@H]2CC[C@@H](C)[C@@](O)(O2)C(=O)C(=O)N2CCCC[C@H]2C(=O)O[C@H]([C@H](C)C[C@@H]2CC[C@@H](O)[C@H](OC)C2)CC(=O)[C@H](C)/C=C(/C)[C@@H](O)[C@@H](OC)C(=O)[C@H](C)C[C@H](C)/C=C/C=C\C=C\1C. The molecule has 0 aromatic rings. The molecular formula is C51H79NO13. The minimum absolute atomic E-state index is 0.0193. The number of ether oxygens (including phenoxy) is 5. The molecule has 0 radical (unpaired) electrons. The summed E-state index contributed by atoms with van der Waals surface area (Å²) in [5, 5.41) is 33.8. The Hall–Kier alpha value is -3.37. The average Bonchev–Trinajstić information content (AvgIpc) is 3.28. The summed E-state index contributed by atoms with van der Waals surface area (Å²) in [6, 6.07) is -1.14. The Labute approximate surface area is 387 Å². The lowest BCUT2D eigenvalue weighted by atomic mass is 9.78. The van der Waals surface area contributed by atoms with Crippen molar-refractivity contribution in [2.24, 2.45) is 35.5 Å². The summed E-state index contributed by atoms with van der Waals surface area (Å²) in [5.74, 6) is -7.96. The van der Waals surface area contributed by atoms with Crippen LogP contribution in [0.15, 0.2) is 47.6 Å². The number of aliphatic hydroxyl groups excluding tert-OH is 2. The van der Waals surface area contributed by atoms with Crippen LogP contribution in [0.4, 0.5) is 0 Å². The van der Waals surface area contributed by atoms with Crippen molar-refractivity contribution in [2.45, 2.75) is 180 Å². The zero-order valence-corrected chi connectivity index (χ0v) is 40.6. The molecule has 15 atom stereocenters. The van der Waals surface area contributed by atoms with Gasteiger partial charge < -0.3 is 43.9 Å². The van der Waals surface area contributed by atoms with Crippen molar-refractivity contribution in [1.29, 1.82) is 0 Å². The molecule has 0 aromatic carbocycles. The number of hydrogen-bond acceptors (Lipinski definition) is 13. The first kappa shape index (κ1) is 54.2. The van der Waals surface area contributed by atoms with Crippen molar-refractivity contribution >= 4 is 29.2 Å². The molecule has 3 fully saturated rings. The fraction of sp³-hybridized carbons (Fsp3) is 0.745. The Balaban J connectivity index is 1.70. The second-order valence-electron chi connectivity index (χ2n) is 19.6. The Bertz CT molecular complexity index is 1760. The molecule has 0 spiro atoms. The number of nitrogens with zero attached hydrogens (tertiary/aromatic N) is 1. The third kappa shape index (κ3) is 14.3. The van der Waals surface area contributed by atoms with Gasteiger partial charge in [0, 0.05) is 58.5 Å². The molecule has 1 saturated carbocycles. The molecule has 1 aliphatic carbocycles. The molecule has 2 saturated heterocycles. The van der Waals surface area contributed by atoms with Crippen LogP contribution in [-0.2, 0) is 47.7 Å². The van der Waals surface area contributed by atoms with Crippen LogP contribution in [0.3, 0.4) is 0 Å². The molecule has 1 amide bonds. The number of ketones is 3. The smallest absolute Gasteiger partial charge is 0.329 e. The summed E-state index contributed by atoms with van der Waals surface area (Å²) in [6.45, 7) is 12.7. The van der Waals surface area contributed by atoms with Crippen molar-refractivity contribution in [2.75, 3.05) is 27.9 Å². The number of esters is 1. The molecule has 0 unspecified atom stereocenters.